The van der Waals surface area contributed by atoms with Crippen LogP contribution in [-0.2, 0) is 26.0 Å². The van der Waals surface area contributed by atoms with Crippen molar-refractivity contribution >= 4 is 21.4 Å². The summed E-state index contributed by atoms with van der Waals surface area (Å²) in [5, 5.41) is 5.06. The number of rotatable bonds is 11. The minimum atomic E-state index is -3.49. The number of nitrogens with zero attached hydrogens (tertiary/aromatic N) is 1. The van der Waals surface area contributed by atoms with E-state index in [2.05, 4.69) is 5.32 Å². The first kappa shape index (κ1) is 18.5. The molecular weight excluding hydrogens is 312 g/mol. The van der Waals surface area contributed by atoms with Gasteiger partial charge in [0.15, 0.2) is 0 Å². The summed E-state index contributed by atoms with van der Waals surface area (Å²) in [7, 11) is -0.373. The van der Waals surface area contributed by atoms with Gasteiger partial charge in [-0.1, -0.05) is 6.92 Å². The van der Waals surface area contributed by atoms with Gasteiger partial charge in [-0.15, -0.1) is 11.3 Å². The molecule has 0 radical (unpaired) electrons. The van der Waals surface area contributed by atoms with E-state index in [1.54, 1.807) is 20.3 Å². The van der Waals surface area contributed by atoms with E-state index in [0.29, 0.717) is 37.1 Å². The van der Waals surface area contributed by atoms with Gasteiger partial charge in [0, 0.05) is 33.9 Å². The fourth-order valence-electron chi connectivity index (χ4n) is 1.72. The average Bonchev–Trinajstić information content (AvgIpc) is 2.94. The lowest BCUT2D eigenvalue weighted by atomic mass is 10.3. The molecule has 0 saturated carbocycles. The Bertz CT molecular complexity index is 494. The average molecular weight is 336 g/mol. The third kappa shape index (κ3) is 5.65. The summed E-state index contributed by atoms with van der Waals surface area (Å²) in [6.07, 6.45) is 0. The minimum Gasteiger partial charge on any atom is -0.383 e. The second kappa shape index (κ2) is 9.50. The molecule has 0 amide bonds. The number of nitrogens with one attached hydrogen (secondary N) is 1. The van der Waals surface area contributed by atoms with Crippen molar-refractivity contribution in [1.29, 1.82) is 0 Å². The van der Waals surface area contributed by atoms with Crippen molar-refractivity contribution in [2.24, 2.45) is 0 Å². The number of hydrogen-bond acceptors (Lipinski definition) is 6. The van der Waals surface area contributed by atoms with Crippen LogP contribution in [0.1, 0.15) is 12.5 Å². The molecule has 1 aromatic rings. The van der Waals surface area contributed by atoms with Gasteiger partial charge in [0.05, 0.1) is 13.2 Å². The molecule has 122 valence electrons. The van der Waals surface area contributed by atoms with Crippen LogP contribution in [0.2, 0.25) is 0 Å². The Labute approximate surface area is 131 Å². The number of hydrogen-bond donors (Lipinski definition) is 1. The zero-order chi connectivity index (χ0) is 15.7. The van der Waals surface area contributed by atoms with Gasteiger partial charge in [0.1, 0.15) is 4.21 Å². The molecule has 0 aliphatic rings. The zero-order valence-electron chi connectivity index (χ0n) is 12.8. The van der Waals surface area contributed by atoms with Crippen LogP contribution in [0.3, 0.4) is 0 Å². The summed E-state index contributed by atoms with van der Waals surface area (Å²) >= 11 is 1.25. The lowest BCUT2D eigenvalue weighted by molar-refractivity contribution is 0.150. The predicted octanol–water partition coefficient (Wildman–Crippen LogP) is 1.14. The quantitative estimate of drug-likeness (QED) is 0.656. The molecule has 1 heterocycles. The SMILES string of the molecule is CCNCc1csc(S(=O)(=O)N(CCOC)CCOC)c1. The second-order valence-electron chi connectivity index (χ2n) is 4.44. The normalized spacial score (nSPS) is 12.2. The van der Waals surface area contributed by atoms with Gasteiger partial charge >= 0.3 is 0 Å². The molecule has 0 aliphatic heterocycles. The van der Waals surface area contributed by atoms with Crippen LogP contribution < -0.4 is 5.32 Å². The van der Waals surface area contributed by atoms with Crippen LogP contribution in [-0.4, -0.2) is 59.8 Å². The highest BCUT2D eigenvalue weighted by Crippen LogP contribution is 2.23. The first-order valence-corrected chi connectivity index (χ1v) is 9.14. The third-order valence-electron chi connectivity index (χ3n) is 2.89. The van der Waals surface area contributed by atoms with Crippen LogP contribution in [0.5, 0.6) is 0 Å². The molecule has 6 nitrogen and oxygen atoms in total. The lowest BCUT2D eigenvalue weighted by Gasteiger charge is -2.20. The Morgan fingerprint density at radius 3 is 2.38 bits per heavy atom. The molecule has 8 heteroatoms. The van der Waals surface area contributed by atoms with E-state index >= 15 is 0 Å². The molecule has 0 aliphatic carbocycles. The van der Waals surface area contributed by atoms with Gasteiger partial charge in [0.2, 0.25) is 0 Å². The summed E-state index contributed by atoms with van der Waals surface area (Å²) in [4.78, 5) is 0. The van der Waals surface area contributed by atoms with Gasteiger partial charge in [-0.2, -0.15) is 4.31 Å². The van der Waals surface area contributed by atoms with E-state index in [0.717, 1.165) is 12.1 Å². The Morgan fingerprint density at radius 2 is 1.86 bits per heavy atom. The number of sulfonamides is 1. The van der Waals surface area contributed by atoms with Crippen molar-refractivity contribution in [3.05, 3.63) is 17.0 Å². The van der Waals surface area contributed by atoms with Crippen molar-refractivity contribution in [1.82, 2.24) is 9.62 Å². The van der Waals surface area contributed by atoms with E-state index in [9.17, 15) is 8.42 Å². The van der Waals surface area contributed by atoms with Crippen molar-refractivity contribution in [2.75, 3.05) is 47.1 Å². The van der Waals surface area contributed by atoms with Gasteiger partial charge in [-0.25, -0.2) is 8.42 Å². The van der Waals surface area contributed by atoms with Crippen molar-refractivity contribution < 1.29 is 17.9 Å². The zero-order valence-corrected chi connectivity index (χ0v) is 14.4. The largest absolute Gasteiger partial charge is 0.383 e. The molecule has 1 rings (SSSR count). The van der Waals surface area contributed by atoms with Gasteiger partial charge in [-0.3, -0.25) is 0 Å². The molecule has 0 unspecified atom stereocenters. The molecule has 1 aromatic heterocycles. The summed E-state index contributed by atoms with van der Waals surface area (Å²) in [5.41, 5.74) is 0.985. The summed E-state index contributed by atoms with van der Waals surface area (Å²) in [5.74, 6) is 0. The minimum absolute atomic E-state index is 0.322. The molecule has 0 spiro atoms. The third-order valence-corrected chi connectivity index (χ3v) is 6.26. The number of methoxy groups -OCH3 is 2. The van der Waals surface area contributed by atoms with Crippen molar-refractivity contribution in [3.63, 3.8) is 0 Å². The molecule has 1 N–H and O–H groups in total. The molecule has 21 heavy (non-hydrogen) atoms. The maximum atomic E-state index is 12.6. The highest BCUT2D eigenvalue weighted by atomic mass is 32.2. The molecule has 0 saturated heterocycles. The molecule has 0 bridgehead atoms. The summed E-state index contributed by atoms with van der Waals surface area (Å²) in [6.45, 7) is 4.91. The van der Waals surface area contributed by atoms with Crippen LogP contribution in [0.25, 0.3) is 0 Å². The second-order valence-corrected chi connectivity index (χ2v) is 7.52. The number of thiophene rings is 1. The highest BCUT2D eigenvalue weighted by molar-refractivity contribution is 7.91. The van der Waals surface area contributed by atoms with Crippen molar-refractivity contribution in [2.45, 2.75) is 17.7 Å². The topological polar surface area (TPSA) is 67.9 Å². The van der Waals surface area contributed by atoms with Crippen LogP contribution in [0, 0.1) is 0 Å². The Kier molecular flexibility index (Phi) is 8.38. The van der Waals surface area contributed by atoms with E-state index in [4.69, 9.17) is 9.47 Å². The van der Waals surface area contributed by atoms with E-state index in [-0.39, 0.29) is 0 Å². The van der Waals surface area contributed by atoms with E-state index in [1.807, 2.05) is 12.3 Å². The van der Waals surface area contributed by atoms with Crippen LogP contribution >= 0.6 is 11.3 Å². The summed E-state index contributed by atoms with van der Waals surface area (Å²) < 4.78 is 37.0. The fourth-order valence-corrected chi connectivity index (χ4v) is 4.49. The standard InChI is InChI=1S/C13H24N2O4S2/c1-4-14-10-12-9-13(20-11-12)21(16,17)15(5-7-18-2)6-8-19-3/h9,11,14H,4-8,10H2,1-3H3. The Balaban J connectivity index is 2.85. The molecular formula is C13H24N2O4S2. The smallest absolute Gasteiger partial charge is 0.252 e. The lowest BCUT2D eigenvalue weighted by Crippen LogP contribution is -2.36. The molecule has 0 fully saturated rings. The predicted molar refractivity (Wildman–Crippen MR) is 84.2 cm³/mol. The van der Waals surface area contributed by atoms with Gasteiger partial charge in [0.25, 0.3) is 10.0 Å². The summed E-state index contributed by atoms with van der Waals surface area (Å²) in [6, 6.07) is 1.73. The fraction of sp³-hybridized carbons (Fsp3) is 0.692. The van der Waals surface area contributed by atoms with E-state index < -0.39 is 10.0 Å². The first-order valence-electron chi connectivity index (χ1n) is 6.82. The first-order chi connectivity index (χ1) is 10.1. The number of ether oxygens (including phenoxy) is 2. The van der Waals surface area contributed by atoms with Crippen LogP contribution in [0.15, 0.2) is 15.7 Å². The Morgan fingerprint density at radius 1 is 1.24 bits per heavy atom. The monoisotopic (exact) mass is 336 g/mol. The van der Waals surface area contributed by atoms with Gasteiger partial charge < -0.3 is 14.8 Å². The maximum Gasteiger partial charge on any atom is 0.252 e. The van der Waals surface area contributed by atoms with Crippen LogP contribution in [0.4, 0.5) is 0 Å². The molecule has 0 atom stereocenters. The highest BCUT2D eigenvalue weighted by Gasteiger charge is 2.25. The van der Waals surface area contributed by atoms with E-state index in [1.165, 1.54) is 15.6 Å². The van der Waals surface area contributed by atoms with Crippen molar-refractivity contribution in [3.8, 4) is 0 Å². The molecule has 0 aromatic carbocycles. The maximum absolute atomic E-state index is 12.6. The van der Waals surface area contributed by atoms with Gasteiger partial charge in [-0.05, 0) is 23.6 Å². The Hall–Kier alpha value is -0.510.